The van der Waals surface area contributed by atoms with Crippen LogP contribution in [0.1, 0.15) is 5.56 Å². The summed E-state index contributed by atoms with van der Waals surface area (Å²) in [5, 5.41) is 0. The summed E-state index contributed by atoms with van der Waals surface area (Å²) >= 11 is 3.23. The highest BCUT2D eigenvalue weighted by Gasteiger charge is 2.16. The van der Waals surface area contributed by atoms with E-state index in [-0.39, 0.29) is 18.0 Å². The maximum Gasteiger partial charge on any atom is 0.241 e. The molecule has 0 aliphatic heterocycles. The Morgan fingerprint density at radius 1 is 1.10 bits per heavy atom. The second-order valence-corrected chi connectivity index (χ2v) is 7.08. The van der Waals surface area contributed by atoms with E-state index in [4.69, 9.17) is 4.74 Å². The van der Waals surface area contributed by atoms with Crippen molar-refractivity contribution in [3.8, 4) is 5.75 Å². The zero-order chi connectivity index (χ0) is 15.3. The summed E-state index contributed by atoms with van der Waals surface area (Å²) < 4.78 is 32.8. The molecule has 0 aliphatic rings. The zero-order valence-electron chi connectivity index (χ0n) is 11.5. The van der Waals surface area contributed by atoms with Gasteiger partial charge in [0.25, 0.3) is 0 Å². The first-order valence-corrected chi connectivity index (χ1v) is 8.70. The van der Waals surface area contributed by atoms with Crippen LogP contribution < -0.4 is 9.46 Å². The molecule has 0 amide bonds. The minimum absolute atomic E-state index is 0.206. The van der Waals surface area contributed by atoms with Crippen molar-refractivity contribution in [1.29, 1.82) is 0 Å². The van der Waals surface area contributed by atoms with Crippen LogP contribution in [0.25, 0.3) is 0 Å². The fourth-order valence-electron chi connectivity index (χ4n) is 1.72. The Kier molecular flexibility index (Phi) is 5.39. The number of rotatable bonds is 6. The minimum atomic E-state index is -3.53. The monoisotopic (exact) mass is 369 g/mol. The van der Waals surface area contributed by atoms with Crippen molar-refractivity contribution in [2.75, 3.05) is 13.2 Å². The normalized spacial score (nSPS) is 11.3. The largest absolute Gasteiger partial charge is 0.492 e. The number of nitrogens with one attached hydrogen (secondary N) is 1. The van der Waals surface area contributed by atoms with E-state index in [1.807, 2.05) is 31.2 Å². The fraction of sp³-hybridized carbons (Fsp3) is 0.200. The van der Waals surface area contributed by atoms with E-state index >= 15 is 0 Å². The molecule has 21 heavy (non-hydrogen) atoms. The molecule has 0 aliphatic carbocycles. The Hall–Kier alpha value is -1.37. The quantitative estimate of drug-likeness (QED) is 0.795. The van der Waals surface area contributed by atoms with Crippen molar-refractivity contribution in [3.63, 3.8) is 0 Å². The van der Waals surface area contributed by atoms with Gasteiger partial charge in [-0.2, -0.15) is 0 Å². The Balaban J connectivity index is 1.88. The van der Waals surface area contributed by atoms with E-state index in [2.05, 4.69) is 20.7 Å². The topological polar surface area (TPSA) is 55.4 Å². The predicted molar refractivity (Wildman–Crippen MR) is 86.0 cm³/mol. The molecule has 0 aromatic heterocycles. The molecule has 0 saturated heterocycles. The molecule has 0 bridgehead atoms. The number of benzene rings is 2. The molecule has 2 rings (SSSR count). The maximum atomic E-state index is 12.1. The minimum Gasteiger partial charge on any atom is -0.492 e. The number of aryl methyl sites for hydroxylation is 1. The molecule has 0 radical (unpaired) electrons. The molecule has 2 aromatic carbocycles. The maximum absolute atomic E-state index is 12.1. The van der Waals surface area contributed by atoms with E-state index in [0.717, 1.165) is 11.3 Å². The van der Waals surface area contributed by atoms with E-state index in [1.165, 1.54) is 0 Å². The summed E-state index contributed by atoms with van der Waals surface area (Å²) in [6, 6.07) is 14.3. The van der Waals surface area contributed by atoms with Gasteiger partial charge < -0.3 is 4.74 Å². The second kappa shape index (κ2) is 7.06. The highest BCUT2D eigenvalue weighted by molar-refractivity contribution is 9.10. The third-order valence-electron chi connectivity index (χ3n) is 2.81. The molecule has 4 nitrogen and oxygen atoms in total. The smallest absolute Gasteiger partial charge is 0.241 e. The Morgan fingerprint density at radius 3 is 2.43 bits per heavy atom. The van der Waals surface area contributed by atoms with Crippen molar-refractivity contribution in [1.82, 2.24) is 4.72 Å². The molecule has 0 atom stereocenters. The first-order chi connectivity index (χ1) is 9.99. The standard InChI is InChI=1S/C15H16BrNO3S/c1-12-6-8-13(9-7-12)20-11-10-17-21(18,19)15-5-3-2-4-14(15)16/h2-9,17H,10-11H2,1H3. The van der Waals surface area contributed by atoms with E-state index < -0.39 is 10.0 Å². The summed E-state index contributed by atoms with van der Waals surface area (Å²) in [5.41, 5.74) is 1.15. The molecule has 1 N–H and O–H groups in total. The number of ether oxygens (including phenoxy) is 1. The molecular formula is C15H16BrNO3S. The number of halogens is 1. The molecular weight excluding hydrogens is 354 g/mol. The van der Waals surface area contributed by atoms with Gasteiger partial charge in [-0.25, -0.2) is 13.1 Å². The van der Waals surface area contributed by atoms with Crippen molar-refractivity contribution >= 4 is 26.0 Å². The van der Waals surface area contributed by atoms with Gasteiger partial charge in [0.15, 0.2) is 0 Å². The first kappa shape index (κ1) is 16.0. The number of hydrogen-bond donors (Lipinski definition) is 1. The van der Waals surface area contributed by atoms with Crippen molar-refractivity contribution in [3.05, 3.63) is 58.6 Å². The van der Waals surface area contributed by atoms with E-state index in [1.54, 1.807) is 24.3 Å². The van der Waals surface area contributed by atoms with Gasteiger partial charge in [0.1, 0.15) is 12.4 Å². The highest BCUT2D eigenvalue weighted by Crippen LogP contribution is 2.20. The van der Waals surface area contributed by atoms with Crippen molar-refractivity contribution < 1.29 is 13.2 Å². The summed E-state index contributed by atoms with van der Waals surface area (Å²) in [6.07, 6.45) is 0. The van der Waals surface area contributed by atoms with Crippen LogP contribution in [0, 0.1) is 6.92 Å². The lowest BCUT2D eigenvalue weighted by atomic mass is 10.2. The lowest BCUT2D eigenvalue weighted by molar-refractivity contribution is 0.323. The summed E-state index contributed by atoms with van der Waals surface area (Å²) in [4.78, 5) is 0.223. The predicted octanol–water partition coefficient (Wildman–Crippen LogP) is 3.11. The molecule has 0 unspecified atom stereocenters. The Bertz CT molecular complexity index is 699. The third kappa shape index (κ3) is 4.56. The molecule has 0 fully saturated rings. The fourth-order valence-corrected chi connectivity index (χ4v) is 3.73. The average Bonchev–Trinajstić information content (AvgIpc) is 2.46. The van der Waals surface area contributed by atoms with Crippen LogP contribution in [-0.2, 0) is 10.0 Å². The SMILES string of the molecule is Cc1ccc(OCCNS(=O)(=O)c2ccccc2Br)cc1. The Labute approximate surface area is 133 Å². The van der Waals surface area contributed by atoms with E-state index in [0.29, 0.717) is 4.47 Å². The van der Waals surface area contributed by atoms with Gasteiger partial charge in [0, 0.05) is 11.0 Å². The van der Waals surface area contributed by atoms with Gasteiger partial charge in [-0.05, 0) is 47.1 Å². The molecule has 0 saturated carbocycles. The van der Waals surface area contributed by atoms with Gasteiger partial charge in [-0.15, -0.1) is 0 Å². The van der Waals surface area contributed by atoms with Crippen molar-refractivity contribution in [2.45, 2.75) is 11.8 Å². The van der Waals surface area contributed by atoms with Crippen LogP contribution in [0.2, 0.25) is 0 Å². The van der Waals surface area contributed by atoms with Crippen LogP contribution >= 0.6 is 15.9 Å². The highest BCUT2D eigenvalue weighted by atomic mass is 79.9. The van der Waals surface area contributed by atoms with Gasteiger partial charge in [-0.3, -0.25) is 0 Å². The molecule has 0 spiro atoms. The van der Waals surface area contributed by atoms with Crippen LogP contribution in [0.3, 0.4) is 0 Å². The van der Waals surface area contributed by atoms with Crippen LogP contribution in [0.4, 0.5) is 0 Å². The van der Waals surface area contributed by atoms with Crippen LogP contribution in [-0.4, -0.2) is 21.6 Å². The van der Waals surface area contributed by atoms with Crippen LogP contribution in [0.15, 0.2) is 57.9 Å². The van der Waals surface area contributed by atoms with Crippen LogP contribution in [0.5, 0.6) is 5.75 Å². The van der Waals surface area contributed by atoms with Gasteiger partial charge in [0.05, 0.1) is 4.90 Å². The van der Waals surface area contributed by atoms with Gasteiger partial charge >= 0.3 is 0 Å². The summed E-state index contributed by atoms with van der Waals surface area (Å²) in [7, 11) is -3.53. The average molecular weight is 370 g/mol. The third-order valence-corrected chi connectivity index (χ3v) is 5.28. The molecule has 112 valence electrons. The van der Waals surface area contributed by atoms with Gasteiger partial charge in [-0.1, -0.05) is 29.8 Å². The Morgan fingerprint density at radius 2 is 1.76 bits per heavy atom. The number of hydrogen-bond acceptors (Lipinski definition) is 3. The van der Waals surface area contributed by atoms with E-state index in [9.17, 15) is 8.42 Å². The lowest BCUT2D eigenvalue weighted by Gasteiger charge is -2.09. The summed E-state index contributed by atoms with van der Waals surface area (Å²) in [6.45, 7) is 2.47. The first-order valence-electron chi connectivity index (χ1n) is 6.43. The van der Waals surface area contributed by atoms with Gasteiger partial charge in [0.2, 0.25) is 10.0 Å². The number of sulfonamides is 1. The summed E-state index contributed by atoms with van der Waals surface area (Å²) in [5.74, 6) is 0.723. The zero-order valence-corrected chi connectivity index (χ0v) is 13.9. The molecule has 2 aromatic rings. The lowest BCUT2D eigenvalue weighted by Crippen LogP contribution is -2.28. The molecule has 0 heterocycles. The second-order valence-electron chi connectivity index (χ2n) is 4.49. The molecule has 6 heteroatoms. The van der Waals surface area contributed by atoms with Crippen molar-refractivity contribution in [2.24, 2.45) is 0 Å².